The maximum absolute atomic E-state index is 9.27. The van der Waals surface area contributed by atoms with Gasteiger partial charge in [0.2, 0.25) is 0 Å². The number of benzene rings is 2. The van der Waals surface area contributed by atoms with Crippen molar-refractivity contribution in [1.29, 1.82) is 0 Å². The molecule has 2 rings (SSSR count). The third kappa shape index (κ3) is 1.43. The number of nitrogens with one attached hydrogen (secondary N) is 1. The summed E-state index contributed by atoms with van der Waals surface area (Å²) < 4.78 is 0. The second-order valence-corrected chi connectivity index (χ2v) is 3.00. The van der Waals surface area contributed by atoms with Gasteiger partial charge in [0.25, 0.3) is 0 Å². The van der Waals surface area contributed by atoms with Crippen LogP contribution in [0.15, 0.2) is 36.4 Å². The van der Waals surface area contributed by atoms with Crippen LogP contribution in [0.4, 0.5) is 5.69 Å². The Morgan fingerprint density at radius 1 is 1.00 bits per heavy atom. The molecule has 0 saturated heterocycles. The molecule has 0 heterocycles. The molecular weight excluding hydrogens is 162 g/mol. The largest absolute Gasteiger partial charge is 0.508 e. The Labute approximate surface area is 76.8 Å². The van der Waals surface area contributed by atoms with Crippen molar-refractivity contribution in [3.63, 3.8) is 0 Å². The van der Waals surface area contributed by atoms with Gasteiger partial charge in [-0.3, -0.25) is 0 Å². The maximum Gasteiger partial charge on any atom is 0.116 e. The minimum Gasteiger partial charge on any atom is -0.508 e. The van der Waals surface area contributed by atoms with E-state index >= 15 is 0 Å². The van der Waals surface area contributed by atoms with E-state index < -0.39 is 0 Å². The summed E-state index contributed by atoms with van der Waals surface area (Å²) in [6, 6.07) is 11.4. The number of phenolic OH excluding ortho intramolecular Hbond substituents is 1. The van der Waals surface area contributed by atoms with Crippen LogP contribution >= 0.6 is 0 Å². The van der Waals surface area contributed by atoms with Crippen molar-refractivity contribution in [3.8, 4) is 5.75 Å². The fraction of sp³-hybridized carbons (Fsp3) is 0.0909. The first-order valence-electron chi connectivity index (χ1n) is 4.20. The van der Waals surface area contributed by atoms with E-state index in [2.05, 4.69) is 5.32 Å². The summed E-state index contributed by atoms with van der Waals surface area (Å²) in [5, 5.41) is 14.5. The molecule has 2 nitrogen and oxygen atoms in total. The third-order valence-electron chi connectivity index (χ3n) is 2.11. The average molecular weight is 173 g/mol. The van der Waals surface area contributed by atoms with Gasteiger partial charge in [-0.05, 0) is 35.0 Å². The number of rotatable bonds is 1. The third-order valence-corrected chi connectivity index (χ3v) is 2.11. The fourth-order valence-electron chi connectivity index (χ4n) is 1.39. The van der Waals surface area contributed by atoms with Crippen LogP contribution in [0.25, 0.3) is 10.8 Å². The Morgan fingerprint density at radius 2 is 1.77 bits per heavy atom. The molecule has 0 radical (unpaired) electrons. The molecule has 0 bridgehead atoms. The first-order valence-corrected chi connectivity index (χ1v) is 4.20. The topological polar surface area (TPSA) is 32.3 Å². The highest BCUT2D eigenvalue weighted by molar-refractivity contribution is 5.86. The Balaban J connectivity index is 2.68. The monoisotopic (exact) mass is 173 g/mol. The summed E-state index contributed by atoms with van der Waals surface area (Å²) in [6.07, 6.45) is 0. The zero-order chi connectivity index (χ0) is 9.26. The van der Waals surface area contributed by atoms with E-state index in [0.29, 0.717) is 5.75 Å². The quantitative estimate of drug-likeness (QED) is 0.694. The summed E-state index contributed by atoms with van der Waals surface area (Å²) in [5.41, 5.74) is 1.05. The molecule has 0 fully saturated rings. The number of aromatic hydroxyl groups is 1. The number of anilines is 1. The number of hydrogen-bond donors (Lipinski definition) is 2. The van der Waals surface area contributed by atoms with Crippen molar-refractivity contribution in [3.05, 3.63) is 36.4 Å². The summed E-state index contributed by atoms with van der Waals surface area (Å²) in [5.74, 6) is 0.306. The molecule has 2 aromatic rings. The van der Waals surface area contributed by atoms with E-state index in [9.17, 15) is 5.11 Å². The van der Waals surface area contributed by atoms with E-state index in [1.165, 1.54) is 0 Å². The molecule has 0 spiro atoms. The van der Waals surface area contributed by atoms with Crippen molar-refractivity contribution < 1.29 is 5.11 Å². The van der Waals surface area contributed by atoms with Gasteiger partial charge in [0.15, 0.2) is 0 Å². The molecule has 0 aliphatic carbocycles. The number of phenols is 1. The fourth-order valence-corrected chi connectivity index (χ4v) is 1.39. The molecule has 2 N–H and O–H groups in total. The van der Waals surface area contributed by atoms with Gasteiger partial charge in [0, 0.05) is 12.7 Å². The lowest BCUT2D eigenvalue weighted by molar-refractivity contribution is 0.476. The molecule has 66 valence electrons. The van der Waals surface area contributed by atoms with Crippen molar-refractivity contribution in [2.45, 2.75) is 0 Å². The summed E-state index contributed by atoms with van der Waals surface area (Å²) in [7, 11) is 1.88. The normalized spacial score (nSPS) is 10.2. The van der Waals surface area contributed by atoms with Gasteiger partial charge in [-0.1, -0.05) is 12.1 Å². The van der Waals surface area contributed by atoms with Crippen LogP contribution in [0.5, 0.6) is 5.75 Å². The summed E-state index contributed by atoms with van der Waals surface area (Å²) >= 11 is 0. The molecule has 0 aromatic heterocycles. The SMILES string of the molecule is CNc1ccc2ccc(O)cc2c1. The number of hydrogen-bond acceptors (Lipinski definition) is 2. The Kier molecular flexibility index (Phi) is 1.81. The van der Waals surface area contributed by atoms with Gasteiger partial charge in [-0.25, -0.2) is 0 Å². The zero-order valence-electron chi connectivity index (χ0n) is 7.41. The molecular formula is C11H11NO. The van der Waals surface area contributed by atoms with Crippen LogP contribution in [-0.4, -0.2) is 12.2 Å². The van der Waals surface area contributed by atoms with E-state index in [4.69, 9.17) is 0 Å². The van der Waals surface area contributed by atoms with Crippen molar-refractivity contribution >= 4 is 16.5 Å². The minimum absolute atomic E-state index is 0.306. The van der Waals surface area contributed by atoms with Gasteiger partial charge in [-0.15, -0.1) is 0 Å². The smallest absolute Gasteiger partial charge is 0.116 e. The second-order valence-electron chi connectivity index (χ2n) is 3.00. The van der Waals surface area contributed by atoms with Gasteiger partial charge in [0.1, 0.15) is 5.75 Å². The van der Waals surface area contributed by atoms with Crippen LogP contribution in [0.1, 0.15) is 0 Å². The van der Waals surface area contributed by atoms with Crippen LogP contribution in [0.3, 0.4) is 0 Å². The lowest BCUT2D eigenvalue weighted by Gasteiger charge is -2.02. The standard InChI is InChI=1S/C11H11NO/c1-12-10-4-2-8-3-5-11(13)7-9(8)6-10/h2-7,12-13H,1H3. The van der Waals surface area contributed by atoms with Crippen LogP contribution in [0.2, 0.25) is 0 Å². The van der Waals surface area contributed by atoms with E-state index in [0.717, 1.165) is 16.5 Å². The highest BCUT2D eigenvalue weighted by atomic mass is 16.3. The summed E-state index contributed by atoms with van der Waals surface area (Å²) in [4.78, 5) is 0. The molecule has 0 atom stereocenters. The van der Waals surface area contributed by atoms with Gasteiger partial charge < -0.3 is 10.4 Å². The van der Waals surface area contributed by atoms with E-state index in [1.807, 2.05) is 31.3 Å². The molecule has 0 saturated carbocycles. The Morgan fingerprint density at radius 3 is 2.54 bits per heavy atom. The maximum atomic E-state index is 9.27. The highest BCUT2D eigenvalue weighted by Gasteiger charge is 1.95. The first-order chi connectivity index (χ1) is 6.29. The minimum atomic E-state index is 0.306. The van der Waals surface area contributed by atoms with E-state index in [1.54, 1.807) is 12.1 Å². The molecule has 2 heteroatoms. The lowest BCUT2D eigenvalue weighted by Crippen LogP contribution is -1.86. The van der Waals surface area contributed by atoms with Crippen LogP contribution < -0.4 is 5.32 Å². The van der Waals surface area contributed by atoms with Crippen molar-refractivity contribution in [2.24, 2.45) is 0 Å². The van der Waals surface area contributed by atoms with Crippen LogP contribution in [-0.2, 0) is 0 Å². The average Bonchev–Trinajstić information content (AvgIpc) is 2.16. The van der Waals surface area contributed by atoms with Gasteiger partial charge in [0.05, 0.1) is 0 Å². The molecule has 0 amide bonds. The number of fused-ring (bicyclic) bond motifs is 1. The van der Waals surface area contributed by atoms with E-state index in [-0.39, 0.29) is 0 Å². The predicted molar refractivity (Wildman–Crippen MR) is 55.2 cm³/mol. The molecule has 0 aliphatic rings. The molecule has 0 unspecified atom stereocenters. The van der Waals surface area contributed by atoms with Crippen molar-refractivity contribution in [1.82, 2.24) is 0 Å². The first kappa shape index (κ1) is 7.92. The molecule has 0 aliphatic heterocycles. The molecule has 13 heavy (non-hydrogen) atoms. The highest BCUT2D eigenvalue weighted by Crippen LogP contribution is 2.22. The predicted octanol–water partition coefficient (Wildman–Crippen LogP) is 2.59. The zero-order valence-corrected chi connectivity index (χ0v) is 7.41. The summed E-state index contributed by atoms with van der Waals surface area (Å²) in [6.45, 7) is 0. The Hall–Kier alpha value is -1.70. The Bertz CT molecular complexity index is 437. The van der Waals surface area contributed by atoms with Gasteiger partial charge >= 0.3 is 0 Å². The lowest BCUT2D eigenvalue weighted by atomic mass is 10.1. The second kappa shape index (κ2) is 2.98. The van der Waals surface area contributed by atoms with Crippen molar-refractivity contribution in [2.75, 3.05) is 12.4 Å². The van der Waals surface area contributed by atoms with Gasteiger partial charge in [-0.2, -0.15) is 0 Å². The molecule has 2 aromatic carbocycles. The van der Waals surface area contributed by atoms with Crippen LogP contribution in [0, 0.1) is 0 Å².